The molecule has 1 atom stereocenters. The lowest BCUT2D eigenvalue weighted by atomic mass is 9.68. The maximum atomic E-state index is 13.8. The van der Waals surface area contributed by atoms with Gasteiger partial charge in [-0.25, -0.2) is 4.39 Å². The number of rotatable bonds is 2. The summed E-state index contributed by atoms with van der Waals surface area (Å²) < 4.78 is 19.2. The number of aryl methyl sites for hydroxylation is 1. The normalized spacial score (nSPS) is 26.1. The Bertz CT molecular complexity index is 467. The van der Waals surface area contributed by atoms with Crippen LogP contribution in [0.25, 0.3) is 0 Å². The summed E-state index contributed by atoms with van der Waals surface area (Å²) in [5.41, 5.74) is 1.44. The highest BCUT2D eigenvalue weighted by atomic mass is 35.5. The third-order valence-electron chi connectivity index (χ3n) is 4.35. The summed E-state index contributed by atoms with van der Waals surface area (Å²) in [6.45, 7) is 5.04. The molecular formula is C14H17ClFNO. The number of benzene rings is 1. The molecule has 1 aromatic rings. The van der Waals surface area contributed by atoms with Gasteiger partial charge in [0.05, 0.1) is 13.2 Å². The van der Waals surface area contributed by atoms with Crippen LogP contribution in [0, 0.1) is 18.7 Å². The minimum Gasteiger partial charge on any atom is -0.379 e. The van der Waals surface area contributed by atoms with Crippen molar-refractivity contribution in [3.63, 3.8) is 0 Å². The van der Waals surface area contributed by atoms with Crippen LogP contribution in [0.15, 0.2) is 12.1 Å². The van der Waals surface area contributed by atoms with E-state index in [1.807, 2.05) is 0 Å². The zero-order valence-corrected chi connectivity index (χ0v) is 11.2. The van der Waals surface area contributed by atoms with Gasteiger partial charge >= 0.3 is 0 Å². The van der Waals surface area contributed by atoms with E-state index in [-0.39, 0.29) is 11.2 Å². The molecule has 1 aromatic carbocycles. The number of hydrogen-bond acceptors (Lipinski definition) is 2. The number of nitrogens with one attached hydrogen (secondary N) is 1. The molecule has 0 spiro atoms. The van der Waals surface area contributed by atoms with Gasteiger partial charge in [-0.3, -0.25) is 0 Å². The van der Waals surface area contributed by atoms with Crippen molar-refractivity contribution >= 4 is 11.6 Å². The Morgan fingerprint density at radius 2 is 2.22 bits per heavy atom. The monoisotopic (exact) mass is 269 g/mol. The predicted molar refractivity (Wildman–Crippen MR) is 69.6 cm³/mol. The van der Waals surface area contributed by atoms with E-state index in [1.54, 1.807) is 19.1 Å². The fraction of sp³-hybridized carbons (Fsp3) is 0.571. The van der Waals surface area contributed by atoms with Gasteiger partial charge in [-0.05, 0) is 55.6 Å². The van der Waals surface area contributed by atoms with E-state index in [0.29, 0.717) is 29.7 Å². The molecule has 0 amide bonds. The molecule has 2 heterocycles. The molecule has 18 heavy (non-hydrogen) atoms. The zero-order chi connectivity index (χ0) is 12.8. The molecule has 2 fully saturated rings. The first kappa shape index (κ1) is 12.4. The van der Waals surface area contributed by atoms with Gasteiger partial charge in [0, 0.05) is 10.4 Å². The smallest absolute Gasteiger partial charge is 0.126 e. The predicted octanol–water partition coefficient (Wildman–Crippen LogP) is 2.67. The summed E-state index contributed by atoms with van der Waals surface area (Å²) in [5.74, 6) is 0.317. The first-order chi connectivity index (χ1) is 8.63. The third-order valence-corrected chi connectivity index (χ3v) is 4.66. The van der Waals surface area contributed by atoms with Crippen molar-refractivity contribution in [2.75, 3.05) is 26.3 Å². The fourth-order valence-corrected chi connectivity index (χ4v) is 3.49. The lowest BCUT2D eigenvalue weighted by Crippen LogP contribution is -2.53. The maximum Gasteiger partial charge on any atom is 0.126 e. The highest BCUT2D eigenvalue weighted by Gasteiger charge is 2.49. The topological polar surface area (TPSA) is 21.3 Å². The van der Waals surface area contributed by atoms with E-state index in [0.717, 1.165) is 25.1 Å². The molecule has 2 nitrogen and oxygen atoms in total. The highest BCUT2D eigenvalue weighted by Crippen LogP contribution is 2.45. The van der Waals surface area contributed by atoms with Crippen LogP contribution in [0.5, 0.6) is 0 Å². The second kappa shape index (κ2) is 4.48. The van der Waals surface area contributed by atoms with E-state index < -0.39 is 0 Å². The van der Waals surface area contributed by atoms with Crippen LogP contribution in [-0.4, -0.2) is 26.3 Å². The number of halogens is 2. The van der Waals surface area contributed by atoms with Crippen molar-refractivity contribution in [1.29, 1.82) is 0 Å². The molecule has 2 saturated heterocycles. The Hall–Kier alpha value is -0.640. The molecule has 0 saturated carbocycles. The van der Waals surface area contributed by atoms with E-state index >= 15 is 0 Å². The molecule has 1 unspecified atom stereocenters. The maximum absolute atomic E-state index is 13.8. The van der Waals surface area contributed by atoms with Crippen molar-refractivity contribution in [3.8, 4) is 0 Å². The van der Waals surface area contributed by atoms with Crippen LogP contribution >= 0.6 is 11.6 Å². The van der Waals surface area contributed by atoms with Crippen LogP contribution in [0.1, 0.15) is 17.5 Å². The van der Waals surface area contributed by atoms with Gasteiger partial charge < -0.3 is 10.1 Å². The minimum atomic E-state index is -0.174. The van der Waals surface area contributed by atoms with Crippen LogP contribution < -0.4 is 5.32 Å². The molecule has 0 aromatic heterocycles. The standard InChI is InChI=1S/C14H17ClFNO/c1-9-4-12(15)11(5-13(9)16)14(7-18-8-14)10-2-3-17-6-10/h4-5,10,17H,2-3,6-8H2,1H3. The molecule has 98 valence electrons. The van der Waals surface area contributed by atoms with Crippen molar-refractivity contribution in [2.45, 2.75) is 18.8 Å². The van der Waals surface area contributed by atoms with Gasteiger partial charge in [-0.15, -0.1) is 0 Å². The van der Waals surface area contributed by atoms with Gasteiger partial charge in [0.25, 0.3) is 0 Å². The molecule has 2 aliphatic rings. The largest absolute Gasteiger partial charge is 0.379 e. The fourth-order valence-electron chi connectivity index (χ4n) is 3.09. The average Bonchev–Trinajstić information content (AvgIpc) is 2.78. The summed E-state index contributed by atoms with van der Waals surface area (Å²) in [6.07, 6.45) is 1.11. The summed E-state index contributed by atoms with van der Waals surface area (Å²) in [6, 6.07) is 3.34. The molecule has 0 radical (unpaired) electrons. The quantitative estimate of drug-likeness (QED) is 0.891. The first-order valence-electron chi connectivity index (χ1n) is 6.38. The Balaban J connectivity index is 2.03. The van der Waals surface area contributed by atoms with Crippen LogP contribution in [0.4, 0.5) is 4.39 Å². The van der Waals surface area contributed by atoms with E-state index in [4.69, 9.17) is 16.3 Å². The van der Waals surface area contributed by atoms with Crippen LogP contribution in [0.2, 0.25) is 5.02 Å². The van der Waals surface area contributed by atoms with Crippen molar-refractivity contribution in [3.05, 3.63) is 34.1 Å². The number of ether oxygens (including phenoxy) is 1. The molecule has 2 aliphatic heterocycles. The van der Waals surface area contributed by atoms with E-state index in [2.05, 4.69) is 5.32 Å². The number of hydrogen-bond donors (Lipinski definition) is 1. The lowest BCUT2D eigenvalue weighted by molar-refractivity contribution is -0.0869. The second-order valence-corrected chi connectivity index (χ2v) is 5.83. The summed E-state index contributed by atoms with van der Waals surface area (Å²) in [4.78, 5) is 0. The molecule has 4 heteroatoms. The molecule has 1 N–H and O–H groups in total. The summed E-state index contributed by atoms with van der Waals surface area (Å²) in [7, 11) is 0. The molecule has 3 rings (SSSR count). The summed E-state index contributed by atoms with van der Waals surface area (Å²) in [5, 5.41) is 4.04. The Labute approximate surface area is 111 Å². The molecule has 0 bridgehead atoms. The first-order valence-corrected chi connectivity index (χ1v) is 6.76. The van der Waals surface area contributed by atoms with Crippen LogP contribution in [0.3, 0.4) is 0 Å². The van der Waals surface area contributed by atoms with Crippen molar-refractivity contribution in [1.82, 2.24) is 5.32 Å². The zero-order valence-electron chi connectivity index (χ0n) is 10.4. The van der Waals surface area contributed by atoms with Gasteiger partial charge in [-0.1, -0.05) is 11.6 Å². The average molecular weight is 270 g/mol. The van der Waals surface area contributed by atoms with Crippen molar-refractivity contribution < 1.29 is 9.13 Å². The Kier molecular flexibility index (Phi) is 3.08. The van der Waals surface area contributed by atoms with Gasteiger partial charge in [0.2, 0.25) is 0 Å². The Morgan fingerprint density at radius 1 is 1.44 bits per heavy atom. The van der Waals surface area contributed by atoms with E-state index in [9.17, 15) is 4.39 Å². The SMILES string of the molecule is Cc1cc(Cl)c(C2(C3CCNC3)COC2)cc1F. The highest BCUT2D eigenvalue weighted by molar-refractivity contribution is 6.31. The van der Waals surface area contributed by atoms with Gasteiger partial charge in [0.1, 0.15) is 5.82 Å². The van der Waals surface area contributed by atoms with Gasteiger partial charge in [0.15, 0.2) is 0 Å². The lowest BCUT2D eigenvalue weighted by Gasteiger charge is -2.46. The van der Waals surface area contributed by atoms with Crippen molar-refractivity contribution in [2.24, 2.45) is 5.92 Å². The van der Waals surface area contributed by atoms with E-state index in [1.165, 1.54) is 0 Å². The third kappa shape index (κ3) is 1.77. The summed E-state index contributed by atoms with van der Waals surface area (Å²) >= 11 is 6.33. The minimum absolute atomic E-state index is 0.0882. The Morgan fingerprint density at radius 3 is 2.78 bits per heavy atom. The van der Waals surface area contributed by atoms with Crippen LogP contribution in [-0.2, 0) is 10.2 Å². The molecule has 0 aliphatic carbocycles. The van der Waals surface area contributed by atoms with Gasteiger partial charge in [-0.2, -0.15) is 0 Å². The second-order valence-electron chi connectivity index (χ2n) is 5.42. The molecular weight excluding hydrogens is 253 g/mol.